The van der Waals surface area contributed by atoms with E-state index in [1.165, 1.54) is 5.56 Å². The standard InChI is InChI=1S/C26H22BrN3O2/c1-32-21-12-10-18(11-13-21)23-22-24(29-28-23)26(31)30(15-14-17-6-3-2-4-7-17)25(22)19-8-5-9-20(27)16-19/h2-13,16,25H,14-15H2,1H3,(H,28,29). The fourth-order valence-electron chi connectivity index (χ4n) is 4.31. The minimum atomic E-state index is -0.213. The maximum absolute atomic E-state index is 13.5. The van der Waals surface area contributed by atoms with Crippen molar-refractivity contribution in [3.8, 4) is 17.0 Å². The topological polar surface area (TPSA) is 58.2 Å². The molecule has 6 heteroatoms. The van der Waals surface area contributed by atoms with Crippen LogP contribution in [0, 0.1) is 0 Å². The van der Waals surface area contributed by atoms with Gasteiger partial charge in [0.1, 0.15) is 11.4 Å². The number of nitrogens with one attached hydrogen (secondary N) is 1. The lowest BCUT2D eigenvalue weighted by atomic mass is 9.96. The number of H-pyrrole nitrogens is 1. The third-order valence-electron chi connectivity index (χ3n) is 5.88. The fourth-order valence-corrected chi connectivity index (χ4v) is 4.73. The molecule has 5 rings (SSSR count). The van der Waals surface area contributed by atoms with Gasteiger partial charge in [-0.25, -0.2) is 0 Å². The molecule has 0 radical (unpaired) electrons. The van der Waals surface area contributed by atoms with Gasteiger partial charge in [-0.3, -0.25) is 9.89 Å². The van der Waals surface area contributed by atoms with Crippen LogP contribution in [0.4, 0.5) is 0 Å². The van der Waals surface area contributed by atoms with E-state index in [1.54, 1.807) is 7.11 Å². The van der Waals surface area contributed by atoms with Crippen molar-refractivity contribution >= 4 is 21.8 Å². The van der Waals surface area contributed by atoms with E-state index < -0.39 is 0 Å². The van der Waals surface area contributed by atoms with Crippen molar-refractivity contribution in [2.24, 2.45) is 0 Å². The molecule has 0 aliphatic carbocycles. The number of aromatic amines is 1. The molecule has 1 unspecified atom stereocenters. The summed E-state index contributed by atoms with van der Waals surface area (Å²) in [5, 5.41) is 7.56. The summed E-state index contributed by atoms with van der Waals surface area (Å²) in [7, 11) is 1.65. The molecule has 32 heavy (non-hydrogen) atoms. The number of benzene rings is 3. The first-order valence-corrected chi connectivity index (χ1v) is 11.3. The van der Waals surface area contributed by atoms with E-state index in [9.17, 15) is 4.79 Å². The SMILES string of the molecule is COc1ccc(-c2n[nH]c3c2C(c2cccc(Br)c2)N(CCc2ccccc2)C3=O)cc1. The van der Waals surface area contributed by atoms with Crippen molar-refractivity contribution in [2.75, 3.05) is 13.7 Å². The first-order chi connectivity index (χ1) is 15.7. The Kier molecular flexibility index (Phi) is 5.53. The number of hydrogen-bond donors (Lipinski definition) is 1. The van der Waals surface area contributed by atoms with Gasteiger partial charge < -0.3 is 9.64 Å². The van der Waals surface area contributed by atoms with E-state index in [-0.39, 0.29) is 11.9 Å². The van der Waals surface area contributed by atoms with Crippen molar-refractivity contribution in [1.29, 1.82) is 0 Å². The van der Waals surface area contributed by atoms with Gasteiger partial charge in [0.15, 0.2) is 0 Å². The van der Waals surface area contributed by atoms with Gasteiger partial charge in [-0.2, -0.15) is 5.10 Å². The monoisotopic (exact) mass is 487 g/mol. The molecule has 4 aromatic rings. The van der Waals surface area contributed by atoms with E-state index >= 15 is 0 Å². The third kappa shape index (κ3) is 3.71. The number of rotatable bonds is 6. The van der Waals surface area contributed by atoms with Crippen LogP contribution in [0.1, 0.15) is 33.2 Å². The maximum Gasteiger partial charge on any atom is 0.273 e. The average molecular weight is 488 g/mol. The Morgan fingerprint density at radius 3 is 2.53 bits per heavy atom. The lowest BCUT2D eigenvalue weighted by Crippen LogP contribution is -2.31. The first kappa shape index (κ1) is 20.5. The van der Waals surface area contributed by atoms with E-state index in [1.807, 2.05) is 59.5 Å². The maximum atomic E-state index is 13.5. The van der Waals surface area contributed by atoms with Gasteiger partial charge in [-0.1, -0.05) is 58.4 Å². The van der Waals surface area contributed by atoms with Gasteiger partial charge >= 0.3 is 0 Å². The van der Waals surface area contributed by atoms with Gasteiger partial charge in [0.05, 0.1) is 18.8 Å². The number of methoxy groups -OCH3 is 1. The summed E-state index contributed by atoms with van der Waals surface area (Å²) in [5.41, 5.74) is 5.48. The van der Waals surface area contributed by atoms with Crippen LogP contribution in [-0.4, -0.2) is 34.7 Å². The Morgan fingerprint density at radius 1 is 1.03 bits per heavy atom. The van der Waals surface area contributed by atoms with Crippen molar-refractivity contribution in [3.05, 3.63) is 106 Å². The molecule has 2 heterocycles. The minimum absolute atomic E-state index is 0.0202. The summed E-state index contributed by atoms with van der Waals surface area (Å²) in [6.07, 6.45) is 0.784. The van der Waals surface area contributed by atoms with Crippen LogP contribution in [0.25, 0.3) is 11.3 Å². The number of fused-ring (bicyclic) bond motifs is 1. The van der Waals surface area contributed by atoms with Gasteiger partial charge in [-0.15, -0.1) is 0 Å². The van der Waals surface area contributed by atoms with Crippen LogP contribution in [-0.2, 0) is 6.42 Å². The molecule has 0 spiro atoms. The second-order valence-corrected chi connectivity index (χ2v) is 8.70. The summed E-state index contributed by atoms with van der Waals surface area (Å²) in [6.45, 7) is 0.616. The largest absolute Gasteiger partial charge is 0.497 e. The summed E-state index contributed by atoms with van der Waals surface area (Å²) < 4.78 is 6.28. The lowest BCUT2D eigenvalue weighted by Gasteiger charge is -2.26. The second kappa shape index (κ2) is 8.63. The Morgan fingerprint density at radius 2 is 1.81 bits per heavy atom. The molecule has 0 saturated carbocycles. The van der Waals surface area contributed by atoms with Crippen LogP contribution in [0.5, 0.6) is 5.75 Å². The summed E-state index contributed by atoms with van der Waals surface area (Å²) in [5.74, 6) is 0.762. The molecule has 0 fully saturated rings. The second-order valence-electron chi connectivity index (χ2n) is 7.78. The van der Waals surface area contributed by atoms with Gasteiger partial charge in [0.25, 0.3) is 5.91 Å². The molecule has 160 valence electrons. The smallest absolute Gasteiger partial charge is 0.273 e. The molecule has 1 aliphatic rings. The zero-order chi connectivity index (χ0) is 22.1. The van der Waals surface area contributed by atoms with Gasteiger partial charge in [0.2, 0.25) is 0 Å². The van der Waals surface area contributed by atoms with Crippen molar-refractivity contribution in [2.45, 2.75) is 12.5 Å². The summed E-state index contributed by atoms with van der Waals surface area (Å²) in [4.78, 5) is 15.4. The molecule has 0 bridgehead atoms. The summed E-state index contributed by atoms with van der Waals surface area (Å²) in [6, 6.07) is 26.0. The van der Waals surface area contributed by atoms with Crippen molar-refractivity contribution < 1.29 is 9.53 Å². The van der Waals surface area contributed by atoms with Crippen LogP contribution in [0.2, 0.25) is 0 Å². The lowest BCUT2D eigenvalue weighted by molar-refractivity contribution is 0.0746. The number of aromatic nitrogens is 2. The highest BCUT2D eigenvalue weighted by Gasteiger charge is 2.41. The van der Waals surface area contributed by atoms with Crippen molar-refractivity contribution in [3.63, 3.8) is 0 Å². The molecular formula is C26H22BrN3O2. The van der Waals surface area contributed by atoms with E-state index in [4.69, 9.17) is 4.74 Å². The highest BCUT2D eigenvalue weighted by molar-refractivity contribution is 9.10. The molecular weight excluding hydrogens is 466 g/mol. The fraction of sp³-hybridized carbons (Fsp3) is 0.154. The number of nitrogens with zero attached hydrogens (tertiary/aromatic N) is 2. The zero-order valence-corrected chi connectivity index (χ0v) is 19.2. The highest BCUT2D eigenvalue weighted by Crippen LogP contribution is 2.43. The molecule has 5 nitrogen and oxygen atoms in total. The number of halogens is 1. The van der Waals surface area contributed by atoms with Crippen molar-refractivity contribution in [1.82, 2.24) is 15.1 Å². The molecule has 3 aromatic carbocycles. The summed E-state index contributed by atoms with van der Waals surface area (Å²) >= 11 is 3.59. The Hall–Kier alpha value is -3.38. The number of amides is 1. The number of hydrogen-bond acceptors (Lipinski definition) is 3. The number of ether oxygens (including phenoxy) is 1. The molecule has 1 amide bonds. The van der Waals surface area contributed by atoms with Crippen LogP contribution >= 0.6 is 15.9 Å². The number of carbonyl (C=O) groups excluding carboxylic acids is 1. The normalized spacial score (nSPS) is 15.1. The average Bonchev–Trinajstić information content (AvgIpc) is 3.37. The van der Waals surface area contributed by atoms with Crippen LogP contribution in [0.15, 0.2) is 83.3 Å². The molecule has 1 N–H and O–H groups in total. The zero-order valence-electron chi connectivity index (χ0n) is 17.6. The minimum Gasteiger partial charge on any atom is -0.497 e. The van der Waals surface area contributed by atoms with E-state index in [0.717, 1.165) is 39.0 Å². The van der Waals surface area contributed by atoms with E-state index in [2.05, 4.69) is 50.4 Å². The molecule has 0 saturated heterocycles. The quantitative estimate of drug-likeness (QED) is 0.383. The molecule has 1 atom stereocenters. The highest BCUT2D eigenvalue weighted by atomic mass is 79.9. The molecule has 1 aromatic heterocycles. The number of carbonyl (C=O) groups is 1. The Bertz CT molecular complexity index is 1250. The predicted molar refractivity (Wildman–Crippen MR) is 128 cm³/mol. The third-order valence-corrected chi connectivity index (χ3v) is 6.37. The predicted octanol–water partition coefficient (Wildman–Crippen LogP) is 5.64. The van der Waals surface area contributed by atoms with Crippen LogP contribution < -0.4 is 4.74 Å². The molecule has 1 aliphatic heterocycles. The Balaban J connectivity index is 1.57. The van der Waals surface area contributed by atoms with E-state index in [0.29, 0.717) is 12.2 Å². The van der Waals surface area contributed by atoms with Gasteiger partial charge in [0, 0.05) is 22.1 Å². The van der Waals surface area contributed by atoms with Gasteiger partial charge in [-0.05, 0) is 53.9 Å². The Labute approximate surface area is 195 Å². The van der Waals surface area contributed by atoms with Crippen LogP contribution in [0.3, 0.4) is 0 Å². The first-order valence-electron chi connectivity index (χ1n) is 10.5.